The van der Waals surface area contributed by atoms with Gasteiger partial charge in [-0.1, -0.05) is 0 Å². The average molecular weight is 1790 g/mol. The molecule has 708 valence electrons. The van der Waals surface area contributed by atoms with Crippen molar-refractivity contribution in [2.45, 2.75) is 335 Å². The number of ether oxygens (including phenoxy) is 18. The Balaban J connectivity index is 1.09. The molecular formula is C68H116N4O50. The van der Waals surface area contributed by atoms with Crippen LogP contribution in [-0.2, 0) is 104 Å². The summed E-state index contributed by atoms with van der Waals surface area (Å²) in [6.45, 7) is -6.44. The Morgan fingerprint density at radius 3 is 1.02 bits per heavy atom. The minimum absolute atomic E-state index is 0.868. The third-order valence-corrected chi connectivity index (χ3v) is 22.1. The van der Waals surface area contributed by atoms with E-state index in [1.54, 1.807) is 0 Å². The minimum Gasteiger partial charge on any atom is -0.394 e. The zero-order chi connectivity index (χ0) is 90.2. The Morgan fingerprint density at radius 2 is 0.623 bits per heavy atom. The topological polar surface area (TPSA) is 849 Å². The van der Waals surface area contributed by atoms with E-state index >= 15 is 0 Å². The van der Waals surface area contributed by atoms with Gasteiger partial charge in [-0.3, -0.25) is 19.2 Å². The normalized spacial score (nSPS) is 47.0. The molecule has 9 heterocycles. The van der Waals surface area contributed by atoms with Crippen LogP contribution in [0, 0.1) is 0 Å². The van der Waals surface area contributed by atoms with Crippen LogP contribution < -0.4 is 21.3 Å². The zero-order valence-electron chi connectivity index (χ0n) is 65.9. The highest BCUT2D eigenvalue weighted by molar-refractivity contribution is 5.74. The van der Waals surface area contributed by atoms with Gasteiger partial charge in [-0.25, -0.2) is 0 Å². The van der Waals surface area contributed by atoms with E-state index in [2.05, 4.69) is 21.3 Å². The molecule has 4 amide bonds. The summed E-state index contributed by atoms with van der Waals surface area (Å²) in [7, 11) is 0. The van der Waals surface area contributed by atoms with Crippen LogP contribution in [0.5, 0.6) is 0 Å². The molecule has 0 aliphatic carbocycles. The van der Waals surface area contributed by atoms with Gasteiger partial charge >= 0.3 is 0 Å². The Bertz CT molecular complexity index is 3230. The van der Waals surface area contributed by atoms with Gasteiger partial charge in [-0.15, -0.1) is 0 Å². The lowest BCUT2D eigenvalue weighted by Gasteiger charge is -2.52. The molecule has 0 spiro atoms. The summed E-state index contributed by atoms with van der Waals surface area (Å²) in [5.41, 5.74) is 0. The third-order valence-electron chi connectivity index (χ3n) is 22.1. The number of nitrogens with one attached hydrogen (secondary N) is 4. The number of amides is 4. The van der Waals surface area contributed by atoms with E-state index in [0.717, 1.165) is 27.7 Å². The van der Waals surface area contributed by atoms with Crippen LogP contribution in [0.15, 0.2) is 0 Å². The summed E-state index contributed by atoms with van der Waals surface area (Å²) < 4.78 is 107. The van der Waals surface area contributed by atoms with Gasteiger partial charge in [-0.05, 0) is 6.92 Å². The standard InChI is InChI=1S/C68H116N4O50/c1-16-34(86)43(95)47(99)63(107-16)105-14-22(85)53(35(87)21(6-73)69-17(2)81)116-60-31(70-18(3)82)40(92)56(28(12-79)111-60)120-67-52(104)58(39(91)30(115-67)15-106-64-48(100)44(96)36(88)23(7-74)108-64)121-68-59(122-62-33(72-20(5)84)42(94)55(27(11-78)113-62)119-66-50(102)46(98)38(90)25(9-76)110-66)51(103)57(29(13-80)114-68)117-61-32(71-19(4)83)41(93)54(26(10-77)112-61)118-65-49(101)45(97)37(89)24(8-75)109-65/h16,21-68,73-80,85-104H,6-15H2,1-5H3,(H,69,81)(H,70,82)(H,71,83)(H,72,84)/t16-,21-,22+,23+,24+,25+,26+,27+,28+,29+,30+,31+,32+,33+,34+,35+,36+,37-,38-,39+,40+,41+,42+,43+,44-,45-,46-,47-,48-,49+,50+,51-,52-,53+,54+,55+,56+,57+,58-,59-,60-,61-,62-,63+,64-,65-,66-,67-,68+/m0/s1. The first-order chi connectivity index (χ1) is 57.6. The summed E-state index contributed by atoms with van der Waals surface area (Å²) in [6.07, 6.45) is -95.6. The van der Waals surface area contributed by atoms with Gasteiger partial charge in [0.2, 0.25) is 23.6 Å². The van der Waals surface area contributed by atoms with Gasteiger partial charge in [0.25, 0.3) is 0 Å². The second-order valence-electron chi connectivity index (χ2n) is 30.8. The quantitative estimate of drug-likeness (QED) is 0.0280. The lowest BCUT2D eigenvalue weighted by Crippen LogP contribution is -2.71. The molecule has 32 N–H and O–H groups in total. The van der Waals surface area contributed by atoms with Crippen molar-refractivity contribution in [3.63, 3.8) is 0 Å². The molecule has 9 fully saturated rings. The van der Waals surface area contributed by atoms with Crippen LogP contribution >= 0.6 is 0 Å². The Labute approximate surface area is 691 Å². The van der Waals surface area contributed by atoms with E-state index in [9.17, 15) is 162 Å². The lowest BCUT2D eigenvalue weighted by molar-refractivity contribution is -0.405. The molecular weight excluding hydrogens is 1670 g/mol. The van der Waals surface area contributed by atoms with Crippen molar-refractivity contribution in [1.29, 1.82) is 0 Å². The molecule has 49 atom stereocenters. The molecule has 54 nitrogen and oxygen atoms in total. The van der Waals surface area contributed by atoms with E-state index < -0.39 is 390 Å². The summed E-state index contributed by atoms with van der Waals surface area (Å²) in [5.74, 6) is -3.92. The molecule has 9 saturated heterocycles. The van der Waals surface area contributed by atoms with Crippen molar-refractivity contribution in [2.24, 2.45) is 0 Å². The zero-order valence-corrected chi connectivity index (χ0v) is 65.9. The molecule has 122 heavy (non-hydrogen) atoms. The van der Waals surface area contributed by atoms with Crippen molar-refractivity contribution in [1.82, 2.24) is 21.3 Å². The van der Waals surface area contributed by atoms with Crippen molar-refractivity contribution in [3.05, 3.63) is 0 Å². The number of aliphatic hydroxyl groups is 28. The highest BCUT2D eigenvalue weighted by atomic mass is 16.8. The number of hydrogen-bond donors (Lipinski definition) is 32. The number of hydrogen-bond acceptors (Lipinski definition) is 50. The second-order valence-corrected chi connectivity index (χ2v) is 30.8. The molecule has 9 aliphatic rings. The van der Waals surface area contributed by atoms with Crippen LogP contribution in [0.1, 0.15) is 34.6 Å². The molecule has 0 aromatic rings. The molecule has 0 aromatic carbocycles. The first-order valence-corrected chi connectivity index (χ1v) is 38.9. The summed E-state index contributed by atoms with van der Waals surface area (Å²) in [5, 5.41) is 321. The van der Waals surface area contributed by atoms with E-state index in [-0.39, 0.29) is 0 Å². The SMILES string of the molecule is CC(=O)N[C@H]1[C@H](O[C@@H]([C@H](O)[C@H](CO)NC(C)=O)[C@H](O)CO[C@@H]2O[C@@H](C)[C@@H](O)[C@@H](O)[C@@H]2O)O[C@H](CO)[C@@H](O[C@@H]2O[C@H](CO[C@H]3O[C@H](CO)[C@@H](O)[C@H](O)[C@@H]3O)[C@@H](O)[C@H](O[C@H]3O[C@H](CO)[C@@H](O[C@@H]4O[C@H](CO)[C@@H](O[C@@H]5O[C@H](CO)[C@H](O)[C@H](O)[C@H]5O)[C@H](O)[C@H]4NC(C)=O)[C@H](O)[C@@H]3O[C@@H]3O[C@H](CO)[C@@H](O[C@@H]4O[C@H](CO)[C@H](O)[C@H](O)[C@H]4O)[C@H](O)[C@H]3NC(C)=O)[C@@H]2O)[C@@H]1O. The number of carbonyl (C=O) groups is 4. The summed E-state index contributed by atoms with van der Waals surface area (Å²) >= 11 is 0. The van der Waals surface area contributed by atoms with Gasteiger partial charge in [0.05, 0.1) is 78.2 Å². The highest BCUT2D eigenvalue weighted by Crippen LogP contribution is 2.41. The van der Waals surface area contributed by atoms with Crippen molar-refractivity contribution in [2.75, 3.05) is 66.1 Å². The fourth-order valence-corrected chi connectivity index (χ4v) is 15.4. The molecule has 0 aromatic heterocycles. The first kappa shape index (κ1) is 102. The van der Waals surface area contributed by atoms with Crippen LogP contribution in [0.25, 0.3) is 0 Å². The van der Waals surface area contributed by atoms with Gasteiger partial charge in [0.15, 0.2) is 56.6 Å². The van der Waals surface area contributed by atoms with E-state index in [1.807, 2.05) is 0 Å². The highest BCUT2D eigenvalue weighted by Gasteiger charge is 2.62. The maximum Gasteiger partial charge on any atom is 0.217 e. The first-order valence-electron chi connectivity index (χ1n) is 38.9. The van der Waals surface area contributed by atoms with Crippen molar-refractivity contribution < 1.29 is 247 Å². The molecule has 54 heteroatoms. The lowest BCUT2D eigenvalue weighted by atomic mass is 9.93. The van der Waals surface area contributed by atoms with Crippen molar-refractivity contribution in [3.8, 4) is 0 Å². The van der Waals surface area contributed by atoms with Gasteiger partial charge in [0.1, 0.15) is 232 Å². The molecule has 0 bridgehead atoms. The Kier molecular flexibility index (Phi) is 37.6. The number of rotatable bonds is 35. The minimum atomic E-state index is -2.67. The predicted molar refractivity (Wildman–Crippen MR) is 377 cm³/mol. The van der Waals surface area contributed by atoms with Gasteiger partial charge in [0, 0.05) is 27.7 Å². The third kappa shape index (κ3) is 23.1. The largest absolute Gasteiger partial charge is 0.394 e. The van der Waals surface area contributed by atoms with Crippen LogP contribution in [0.3, 0.4) is 0 Å². The van der Waals surface area contributed by atoms with E-state index in [0.29, 0.717) is 0 Å². The fourth-order valence-electron chi connectivity index (χ4n) is 15.4. The molecule has 0 saturated carbocycles. The molecule has 0 unspecified atom stereocenters. The maximum atomic E-state index is 13.3. The smallest absolute Gasteiger partial charge is 0.217 e. The second kappa shape index (κ2) is 45.0. The molecule has 9 aliphatic heterocycles. The van der Waals surface area contributed by atoms with Gasteiger partial charge < -0.3 is 250 Å². The van der Waals surface area contributed by atoms with Crippen LogP contribution in [0.2, 0.25) is 0 Å². The summed E-state index contributed by atoms with van der Waals surface area (Å²) in [6, 6.07) is -7.92. The van der Waals surface area contributed by atoms with Crippen LogP contribution in [0.4, 0.5) is 0 Å². The maximum absolute atomic E-state index is 13.3. The summed E-state index contributed by atoms with van der Waals surface area (Å²) in [4.78, 5) is 51.9. The van der Waals surface area contributed by atoms with Crippen molar-refractivity contribution >= 4 is 23.6 Å². The monoisotopic (exact) mass is 1790 g/mol. The average Bonchev–Trinajstić information content (AvgIpc) is 0.760. The number of carbonyl (C=O) groups excluding carboxylic acids is 4. The van der Waals surface area contributed by atoms with Crippen LogP contribution in [-0.4, -0.2) is 533 Å². The molecule has 0 radical (unpaired) electrons. The van der Waals surface area contributed by atoms with Gasteiger partial charge in [-0.2, -0.15) is 0 Å². The Hall–Kier alpha value is -3.96. The molecule has 9 rings (SSSR count). The number of aliphatic hydroxyl groups excluding tert-OH is 28. The van der Waals surface area contributed by atoms with E-state index in [1.165, 1.54) is 6.92 Å². The fraction of sp³-hybridized carbons (Fsp3) is 0.941. The Morgan fingerprint density at radius 1 is 0.303 bits per heavy atom. The predicted octanol–water partition coefficient (Wildman–Crippen LogP) is -21.6. The van der Waals surface area contributed by atoms with E-state index in [4.69, 9.17) is 85.3 Å².